The zero-order valence-electron chi connectivity index (χ0n) is 12.0. The van der Waals surface area contributed by atoms with Crippen LogP contribution in [0, 0.1) is 0 Å². The minimum absolute atomic E-state index is 0.116. The Balaban J connectivity index is 2.25. The number of hydrogen-bond acceptors (Lipinski definition) is 5. The molecule has 23 heavy (non-hydrogen) atoms. The van der Waals surface area contributed by atoms with Crippen LogP contribution >= 0.6 is 11.9 Å². The summed E-state index contributed by atoms with van der Waals surface area (Å²) in [5, 5.41) is 18.8. The van der Waals surface area contributed by atoms with Gasteiger partial charge in [-0.15, -0.1) is 0 Å². The van der Waals surface area contributed by atoms with Gasteiger partial charge < -0.3 is 14.8 Å². The van der Waals surface area contributed by atoms with Crippen molar-refractivity contribution in [1.29, 1.82) is 0 Å². The Bertz CT molecular complexity index is 665. The number of benzene rings is 2. The van der Waals surface area contributed by atoms with E-state index in [2.05, 4.69) is 4.72 Å². The molecule has 0 atom stereocenters. The van der Waals surface area contributed by atoms with E-state index in [0.717, 1.165) is 17.0 Å². The quantitative estimate of drug-likeness (QED) is 0.575. The maximum Gasteiger partial charge on any atom is 0.492 e. The first-order chi connectivity index (χ1) is 10.8. The Morgan fingerprint density at radius 2 is 1.74 bits per heavy atom. The Morgan fingerprint density at radius 1 is 1.09 bits per heavy atom. The van der Waals surface area contributed by atoms with E-state index in [1.807, 2.05) is 0 Å². The Morgan fingerprint density at radius 3 is 2.26 bits per heavy atom. The fourth-order valence-corrected chi connectivity index (χ4v) is 2.40. The third kappa shape index (κ3) is 4.65. The lowest BCUT2D eigenvalue weighted by molar-refractivity contribution is -0.137. The molecule has 0 amide bonds. The van der Waals surface area contributed by atoms with Crippen LogP contribution in [0.1, 0.15) is 5.56 Å². The molecule has 4 nitrogen and oxygen atoms in total. The summed E-state index contributed by atoms with van der Waals surface area (Å²) in [5.41, 5.74) is -0.668. The van der Waals surface area contributed by atoms with E-state index in [-0.39, 0.29) is 17.0 Å². The third-order valence-electron chi connectivity index (χ3n) is 2.89. The first-order valence-electron chi connectivity index (χ1n) is 6.50. The van der Waals surface area contributed by atoms with Crippen molar-refractivity contribution in [3.8, 4) is 11.5 Å². The fraction of sp³-hybridized carbons (Fsp3) is 0.143. The average molecular weight is 343 g/mol. The van der Waals surface area contributed by atoms with Gasteiger partial charge in [0.05, 0.1) is 5.56 Å². The van der Waals surface area contributed by atoms with Crippen molar-refractivity contribution in [3.63, 3.8) is 0 Å². The first-order valence-corrected chi connectivity index (χ1v) is 7.31. The van der Waals surface area contributed by atoms with Gasteiger partial charge >= 0.3 is 13.3 Å². The SMILES string of the molecule is CNSc1ccc(Oc2ccc(C(F)(F)F)cc2)c(B(O)O)c1. The molecule has 0 bridgehead atoms. The van der Waals surface area contributed by atoms with Crippen molar-refractivity contribution >= 4 is 24.5 Å². The minimum atomic E-state index is -4.42. The van der Waals surface area contributed by atoms with E-state index in [9.17, 15) is 23.2 Å². The largest absolute Gasteiger partial charge is 0.492 e. The molecule has 2 aromatic rings. The van der Waals surface area contributed by atoms with Gasteiger partial charge in [-0.25, -0.2) is 0 Å². The van der Waals surface area contributed by atoms with Crippen molar-refractivity contribution < 1.29 is 28.0 Å². The maximum absolute atomic E-state index is 12.5. The Labute approximate surface area is 135 Å². The third-order valence-corrected chi connectivity index (χ3v) is 3.58. The highest BCUT2D eigenvalue weighted by Crippen LogP contribution is 2.31. The Kier molecular flexibility index (Phi) is 5.58. The van der Waals surface area contributed by atoms with Crippen molar-refractivity contribution in [2.75, 3.05) is 7.05 Å². The van der Waals surface area contributed by atoms with E-state index < -0.39 is 18.9 Å². The van der Waals surface area contributed by atoms with Gasteiger partial charge in [0.25, 0.3) is 0 Å². The molecule has 0 fully saturated rings. The van der Waals surface area contributed by atoms with Crippen LogP contribution in [0.15, 0.2) is 47.4 Å². The van der Waals surface area contributed by atoms with Crippen LogP contribution in [0.3, 0.4) is 0 Å². The highest BCUT2D eigenvalue weighted by atomic mass is 32.2. The summed E-state index contributed by atoms with van der Waals surface area (Å²) in [4.78, 5) is 0.732. The van der Waals surface area contributed by atoms with E-state index >= 15 is 0 Å². The van der Waals surface area contributed by atoms with Gasteiger partial charge in [-0.3, -0.25) is 4.72 Å². The monoisotopic (exact) mass is 343 g/mol. The molecular formula is C14H13BF3NO3S. The second-order valence-corrected chi connectivity index (χ2v) is 5.59. The van der Waals surface area contributed by atoms with Crippen LogP contribution in [0.2, 0.25) is 0 Å². The zero-order valence-corrected chi connectivity index (χ0v) is 12.8. The smallest absolute Gasteiger partial charge is 0.458 e. The van der Waals surface area contributed by atoms with Crippen LogP contribution in [-0.2, 0) is 6.18 Å². The topological polar surface area (TPSA) is 61.7 Å². The standard InChI is InChI=1S/C14H13BF3NO3S/c1-19-23-11-6-7-13(12(8-11)15(20)21)22-10-4-2-9(3-5-10)14(16,17)18/h2-8,19-21H,1H3. The molecule has 3 N–H and O–H groups in total. The van der Waals surface area contributed by atoms with E-state index in [1.165, 1.54) is 36.2 Å². The molecule has 0 aliphatic rings. The molecule has 0 radical (unpaired) electrons. The lowest BCUT2D eigenvalue weighted by Crippen LogP contribution is -2.31. The first kappa shape index (κ1) is 17.7. The normalized spacial score (nSPS) is 11.4. The number of nitrogens with one attached hydrogen (secondary N) is 1. The van der Waals surface area contributed by atoms with Crippen molar-refractivity contribution in [2.45, 2.75) is 11.1 Å². The summed E-state index contributed by atoms with van der Waals surface area (Å²) >= 11 is 1.27. The van der Waals surface area contributed by atoms with Gasteiger partial charge in [0.15, 0.2) is 0 Å². The van der Waals surface area contributed by atoms with Crippen LogP contribution in [0.4, 0.5) is 13.2 Å². The van der Waals surface area contributed by atoms with E-state index in [1.54, 1.807) is 13.1 Å². The van der Waals surface area contributed by atoms with Gasteiger partial charge in [-0.2, -0.15) is 13.2 Å². The summed E-state index contributed by atoms with van der Waals surface area (Å²) in [5.74, 6) is 0.314. The van der Waals surface area contributed by atoms with Crippen LogP contribution < -0.4 is 14.9 Å². The molecule has 0 unspecified atom stereocenters. The predicted molar refractivity (Wildman–Crippen MR) is 82.7 cm³/mol. The molecule has 9 heteroatoms. The molecular weight excluding hydrogens is 330 g/mol. The maximum atomic E-state index is 12.5. The Hall–Kier alpha value is -1.68. The summed E-state index contributed by atoms with van der Waals surface area (Å²) < 4.78 is 45.9. The fourth-order valence-electron chi connectivity index (χ4n) is 1.84. The average Bonchev–Trinajstić information content (AvgIpc) is 2.48. The van der Waals surface area contributed by atoms with Crippen molar-refractivity contribution in [1.82, 2.24) is 4.72 Å². The highest BCUT2D eigenvalue weighted by molar-refractivity contribution is 7.97. The van der Waals surface area contributed by atoms with Gasteiger partial charge in [0.1, 0.15) is 11.5 Å². The molecule has 2 aromatic carbocycles. The summed E-state index contributed by atoms with van der Waals surface area (Å²) in [6.07, 6.45) is -4.42. The van der Waals surface area contributed by atoms with Gasteiger partial charge in [-0.1, -0.05) is 0 Å². The van der Waals surface area contributed by atoms with Gasteiger partial charge in [-0.05, 0) is 61.5 Å². The second-order valence-electron chi connectivity index (χ2n) is 4.50. The molecule has 0 aliphatic heterocycles. The molecule has 0 saturated heterocycles. The van der Waals surface area contributed by atoms with Gasteiger partial charge in [0, 0.05) is 10.4 Å². The lowest BCUT2D eigenvalue weighted by Gasteiger charge is -2.13. The minimum Gasteiger partial charge on any atom is -0.458 e. The van der Waals surface area contributed by atoms with Crippen molar-refractivity contribution in [3.05, 3.63) is 48.0 Å². The van der Waals surface area contributed by atoms with Crippen LogP contribution in [0.5, 0.6) is 11.5 Å². The van der Waals surface area contributed by atoms with E-state index in [4.69, 9.17) is 4.74 Å². The number of halogens is 3. The van der Waals surface area contributed by atoms with Crippen molar-refractivity contribution in [2.24, 2.45) is 0 Å². The predicted octanol–water partition coefficient (Wildman–Crippen LogP) is 2.40. The van der Waals surface area contributed by atoms with Crippen LogP contribution in [0.25, 0.3) is 0 Å². The lowest BCUT2D eigenvalue weighted by atomic mass is 9.79. The number of rotatable bonds is 5. The molecule has 0 saturated carbocycles. The van der Waals surface area contributed by atoms with Crippen LogP contribution in [-0.4, -0.2) is 24.2 Å². The highest BCUT2D eigenvalue weighted by Gasteiger charge is 2.30. The number of alkyl halides is 3. The molecule has 0 spiro atoms. The summed E-state index contributed by atoms with van der Waals surface area (Å²) in [6, 6.07) is 8.87. The molecule has 0 aliphatic carbocycles. The molecule has 122 valence electrons. The number of hydrogen-bond donors (Lipinski definition) is 3. The summed E-state index contributed by atoms with van der Waals surface area (Å²) in [7, 11) is -0.0522. The number of ether oxygens (including phenoxy) is 1. The zero-order chi connectivity index (χ0) is 17.0. The van der Waals surface area contributed by atoms with Gasteiger partial charge in [0.2, 0.25) is 0 Å². The summed E-state index contributed by atoms with van der Waals surface area (Å²) in [6.45, 7) is 0. The molecule has 0 aromatic heterocycles. The molecule has 2 rings (SSSR count). The second kappa shape index (κ2) is 7.26. The van der Waals surface area contributed by atoms with E-state index in [0.29, 0.717) is 0 Å². The molecule has 0 heterocycles.